The molecule has 4 heterocycles. The van der Waals surface area contributed by atoms with Crippen molar-refractivity contribution in [2.75, 3.05) is 11.9 Å². The first kappa shape index (κ1) is 13.7. The Balaban J connectivity index is 1.63. The van der Waals surface area contributed by atoms with Crippen molar-refractivity contribution in [3.05, 3.63) is 29.0 Å². The summed E-state index contributed by atoms with van der Waals surface area (Å²) in [6.45, 7) is 2.99. The van der Waals surface area contributed by atoms with Crippen LogP contribution in [-0.2, 0) is 4.74 Å². The molecule has 0 amide bonds. The van der Waals surface area contributed by atoms with Gasteiger partial charge in [0.15, 0.2) is 11.5 Å². The summed E-state index contributed by atoms with van der Waals surface area (Å²) in [5, 5.41) is 20.6. The minimum atomic E-state index is 0.230. The lowest BCUT2D eigenvalue weighted by Gasteiger charge is -2.20. The van der Waals surface area contributed by atoms with Gasteiger partial charge in [-0.05, 0) is 43.3 Å². The first-order valence-electron chi connectivity index (χ1n) is 7.44. The summed E-state index contributed by atoms with van der Waals surface area (Å²) >= 11 is 1.64. The van der Waals surface area contributed by atoms with Gasteiger partial charge >= 0.3 is 0 Å². The summed E-state index contributed by atoms with van der Waals surface area (Å²) in [4.78, 5) is 0. The summed E-state index contributed by atoms with van der Waals surface area (Å²) in [5.41, 5.74) is 1.78. The lowest BCUT2D eigenvalue weighted by molar-refractivity contribution is 0.0995. The molecule has 6 nitrogen and oxygen atoms in total. The van der Waals surface area contributed by atoms with E-state index in [-0.39, 0.29) is 12.1 Å². The Morgan fingerprint density at radius 3 is 3.09 bits per heavy atom. The van der Waals surface area contributed by atoms with Gasteiger partial charge in [0.25, 0.3) is 0 Å². The van der Waals surface area contributed by atoms with E-state index in [1.165, 1.54) is 0 Å². The second-order valence-corrected chi connectivity index (χ2v) is 6.29. The van der Waals surface area contributed by atoms with Crippen molar-refractivity contribution in [1.82, 2.24) is 19.8 Å². The number of rotatable bonds is 4. The second-order valence-electron chi connectivity index (χ2n) is 5.51. The molecule has 1 N–H and O–H groups in total. The highest BCUT2D eigenvalue weighted by molar-refractivity contribution is 7.08. The number of thiophene rings is 1. The first-order chi connectivity index (χ1) is 10.8. The van der Waals surface area contributed by atoms with E-state index in [0.29, 0.717) is 0 Å². The van der Waals surface area contributed by atoms with Crippen molar-refractivity contribution in [3.8, 4) is 11.4 Å². The minimum absolute atomic E-state index is 0.230. The Morgan fingerprint density at radius 2 is 2.32 bits per heavy atom. The molecule has 4 rings (SSSR count). The molecule has 0 spiro atoms. The molecule has 1 saturated heterocycles. The molecule has 0 radical (unpaired) electrons. The first-order valence-corrected chi connectivity index (χ1v) is 8.39. The Bertz CT molecular complexity index is 763. The van der Waals surface area contributed by atoms with Gasteiger partial charge < -0.3 is 10.1 Å². The molecule has 1 aliphatic heterocycles. The lowest BCUT2D eigenvalue weighted by Crippen LogP contribution is -2.30. The van der Waals surface area contributed by atoms with E-state index in [9.17, 15) is 0 Å². The van der Waals surface area contributed by atoms with Gasteiger partial charge in [-0.2, -0.15) is 15.9 Å². The van der Waals surface area contributed by atoms with Crippen LogP contribution in [0.5, 0.6) is 0 Å². The monoisotopic (exact) mass is 315 g/mol. The summed E-state index contributed by atoms with van der Waals surface area (Å²) in [6, 6.07) is 6.12. The number of nitrogens with zero attached hydrogens (tertiary/aromatic N) is 4. The van der Waals surface area contributed by atoms with Crippen LogP contribution in [-0.4, -0.2) is 38.6 Å². The van der Waals surface area contributed by atoms with Gasteiger partial charge in [0.2, 0.25) is 0 Å². The fourth-order valence-electron chi connectivity index (χ4n) is 2.76. The number of nitrogens with one attached hydrogen (secondary N) is 1. The molecular weight excluding hydrogens is 298 g/mol. The van der Waals surface area contributed by atoms with Crippen molar-refractivity contribution in [3.63, 3.8) is 0 Å². The Hall–Kier alpha value is -1.99. The molecule has 0 aromatic carbocycles. The maximum absolute atomic E-state index is 5.72. The number of fused-ring (bicyclic) bond motifs is 1. The zero-order valence-electron chi connectivity index (χ0n) is 12.3. The number of anilines is 1. The third-order valence-electron chi connectivity index (χ3n) is 3.94. The Kier molecular flexibility index (Phi) is 3.51. The van der Waals surface area contributed by atoms with Gasteiger partial charge in [0, 0.05) is 17.6 Å². The van der Waals surface area contributed by atoms with Gasteiger partial charge in [-0.1, -0.05) is 0 Å². The maximum Gasteiger partial charge on any atom is 0.186 e. The average molecular weight is 315 g/mol. The molecule has 2 unspecified atom stereocenters. The second kappa shape index (κ2) is 5.66. The summed E-state index contributed by atoms with van der Waals surface area (Å²) in [5.74, 6) is 1.58. The van der Waals surface area contributed by atoms with Crippen molar-refractivity contribution in [2.45, 2.75) is 31.9 Å². The molecule has 3 aromatic rings. The lowest BCUT2D eigenvalue weighted by atomic mass is 10.1. The molecule has 114 valence electrons. The average Bonchev–Trinajstić information content (AvgIpc) is 3.27. The zero-order chi connectivity index (χ0) is 14.9. The van der Waals surface area contributed by atoms with Crippen LogP contribution in [0, 0.1) is 0 Å². The molecule has 7 heteroatoms. The topological polar surface area (TPSA) is 64.3 Å². The van der Waals surface area contributed by atoms with Crippen molar-refractivity contribution >= 4 is 22.8 Å². The van der Waals surface area contributed by atoms with E-state index in [2.05, 4.69) is 27.5 Å². The van der Waals surface area contributed by atoms with Gasteiger partial charge in [-0.3, -0.25) is 0 Å². The SMILES string of the molecule is CC(Nc1ccc2nnc(-c3ccsc3)n2n1)C1CCCO1. The summed E-state index contributed by atoms with van der Waals surface area (Å²) < 4.78 is 7.51. The van der Waals surface area contributed by atoms with Gasteiger partial charge in [0.1, 0.15) is 5.82 Å². The standard InChI is InChI=1S/C15H17N5OS/c1-10(12-3-2-7-21-12)16-13-4-5-14-17-18-15(20(14)19-13)11-6-8-22-9-11/h4-6,8-10,12H,2-3,7H2,1H3,(H,16,19). The van der Waals surface area contributed by atoms with Crippen LogP contribution in [0.2, 0.25) is 0 Å². The molecule has 3 aromatic heterocycles. The molecule has 0 saturated carbocycles. The van der Waals surface area contributed by atoms with Crippen LogP contribution in [0.25, 0.3) is 17.0 Å². The van der Waals surface area contributed by atoms with E-state index in [4.69, 9.17) is 4.74 Å². The largest absolute Gasteiger partial charge is 0.376 e. The molecule has 22 heavy (non-hydrogen) atoms. The zero-order valence-corrected chi connectivity index (χ0v) is 13.1. The number of ether oxygens (including phenoxy) is 1. The van der Waals surface area contributed by atoms with Crippen LogP contribution in [0.1, 0.15) is 19.8 Å². The van der Waals surface area contributed by atoms with E-state index in [1.807, 2.05) is 29.0 Å². The van der Waals surface area contributed by atoms with Crippen LogP contribution < -0.4 is 5.32 Å². The highest BCUT2D eigenvalue weighted by Gasteiger charge is 2.22. The maximum atomic E-state index is 5.72. The number of aromatic nitrogens is 4. The summed E-state index contributed by atoms with van der Waals surface area (Å²) in [6.07, 6.45) is 2.50. The summed E-state index contributed by atoms with van der Waals surface area (Å²) in [7, 11) is 0. The van der Waals surface area contributed by atoms with E-state index in [1.54, 1.807) is 15.9 Å². The molecule has 0 bridgehead atoms. The molecular formula is C15H17N5OS. The molecule has 2 atom stereocenters. The molecule has 1 fully saturated rings. The highest BCUT2D eigenvalue weighted by Crippen LogP contribution is 2.22. The fraction of sp³-hybridized carbons (Fsp3) is 0.400. The number of hydrogen-bond acceptors (Lipinski definition) is 6. The van der Waals surface area contributed by atoms with Gasteiger partial charge in [-0.15, -0.1) is 15.3 Å². The van der Waals surface area contributed by atoms with Crippen LogP contribution in [0.3, 0.4) is 0 Å². The predicted octanol–water partition coefficient (Wildman–Crippen LogP) is 2.83. The van der Waals surface area contributed by atoms with E-state index in [0.717, 1.165) is 42.3 Å². The smallest absolute Gasteiger partial charge is 0.186 e. The van der Waals surface area contributed by atoms with Crippen molar-refractivity contribution < 1.29 is 4.74 Å². The Labute approximate surface area is 132 Å². The van der Waals surface area contributed by atoms with E-state index >= 15 is 0 Å². The molecule has 0 aliphatic carbocycles. The number of hydrogen-bond donors (Lipinski definition) is 1. The third-order valence-corrected chi connectivity index (χ3v) is 4.62. The molecule has 1 aliphatic rings. The van der Waals surface area contributed by atoms with E-state index < -0.39 is 0 Å². The minimum Gasteiger partial charge on any atom is -0.376 e. The van der Waals surface area contributed by atoms with Gasteiger partial charge in [-0.25, -0.2) is 0 Å². The Morgan fingerprint density at radius 1 is 1.36 bits per heavy atom. The normalized spacial score (nSPS) is 19.6. The quantitative estimate of drug-likeness (QED) is 0.802. The van der Waals surface area contributed by atoms with Crippen LogP contribution in [0.4, 0.5) is 5.82 Å². The predicted molar refractivity (Wildman–Crippen MR) is 86.2 cm³/mol. The third kappa shape index (κ3) is 2.46. The van der Waals surface area contributed by atoms with Crippen molar-refractivity contribution in [1.29, 1.82) is 0 Å². The van der Waals surface area contributed by atoms with Crippen LogP contribution >= 0.6 is 11.3 Å². The highest BCUT2D eigenvalue weighted by atomic mass is 32.1. The van der Waals surface area contributed by atoms with Gasteiger partial charge in [0.05, 0.1) is 12.1 Å². The van der Waals surface area contributed by atoms with Crippen LogP contribution in [0.15, 0.2) is 29.0 Å². The van der Waals surface area contributed by atoms with Crippen molar-refractivity contribution in [2.24, 2.45) is 0 Å². The fourth-order valence-corrected chi connectivity index (χ4v) is 3.40.